The molecule has 0 saturated carbocycles. The molecule has 0 fully saturated rings. The second kappa shape index (κ2) is 4.38. The Kier molecular flexibility index (Phi) is 2.43. The molecule has 0 N–H and O–H groups in total. The molecule has 5 nitrogen and oxygen atoms in total. The Morgan fingerprint density at radius 1 is 1.13 bits per heavy atom. The van der Waals surface area contributed by atoms with Gasteiger partial charge in [0, 0.05) is 24.5 Å². The minimum atomic E-state index is -0.178. The Morgan fingerprint density at radius 3 is 2.91 bits per heavy atom. The molecule has 0 amide bonds. The summed E-state index contributed by atoms with van der Waals surface area (Å²) >= 11 is 0. The Balaban J connectivity index is 1.70. The van der Waals surface area contributed by atoms with Gasteiger partial charge >= 0.3 is 0 Å². The van der Waals surface area contributed by atoms with E-state index in [9.17, 15) is 4.39 Å². The highest BCUT2D eigenvalue weighted by atomic mass is 19.1. The van der Waals surface area contributed by atoms with Crippen LogP contribution < -0.4 is 10.0 Å². The number of anilines is 2. The first-order valence-corrected chi connectivity index (χ1v) is 7.66. The van der Waals surface area contributed by atoms with Crippen LogP contribution >= 0.6 is 0 Å². The number of nitrogens with zero attached hydrogens (tertiary/aromatic N) is 5. The van der Waals surface area contributed by atoms with E-state index in [1.165, 1.54) is 11.6 Å². The monoisotopic (exact) mass is 307 g/mol. The molecule has 114 valence electrons. The van der Waals surface area contributed by atoms with Crippen LogP contribution in [0.4, 0.5) is 15.9 Å². The number of benzene rings is 1. The van der Waals surface area contributed by atoms with Gasteiger partial charge < -0.3 is 0 Å². The van der Waals surface area contributed by atoms with Gasteiger partial charge in [-0.05, 0) is 42.7 Å². The van der Waals surface area contributed by atoms with Gasteiger partial charge in [-0.2, -0.15) is 0 Å². The van der Waals surface area contributed by atoms with Gasteiger partial charge in [0.15, 0.2) is 11.5 Å². The molecule has 0 bridgehead atoms. The van der Waals surface area contributed by atoms with Gasteiger partial charge in [-0.3, -0.25) is 15.0 Å². The number of aromatic nitrogens is 3. The quantitative estimate of drug-likeness (QED) is 0.639. The molecule has 5 rings (SSSR count). The summed E-state index contributed by atoms with van der Waals surface area (Å²) in [6, 6.07) is 5.01. The fourth-order valence-corrected chi connectivity index (χ4v) is 3.58. The van der Waals surface area contributed by atoms with Crippen molar-refractivity contribution >= 4 is 22.7 Å². The lowest BCUT2D eigenvalue weighted by Gasteiger charge is -2.36. The van der Waals surface area contributed by atoms with Crippen molar-refractivity contribution in [2.75, 3.05) is 16.6 Å². The molecule has 2 aliphatic heterocycles. The molecule has 0 aliphatic carbocycles. The van der Waals surface area contributed by atoms with E-state index < -0.39 is 0 Å². The summed E-state index contributed by atoms with van der Waals surface area (Å²) in [6.07, 6.45) is 4.18. The minimum absolute atomic E-state index is 0.178. The van der Waals surface area contributed by atoms with Crippen LogP contribution in [0.2, 0.25) is 0 Å². The topological polar surface area (TPSA) is 45.2 Å². The number of rotatable bonds is 0. The molecule has 4 heterocycles. The highest BCUT2D eigenvalue weighted by Gasteiger charge is 2.35. The van der Waals surface area contributed by atoms with E-state index >= 15 is 0 Å². The van der Waals surface area contributed by atoms with Crippen LogP contribution in [0.25, 0.3) is 11.2 Å². The molecule has 0 saturated heterocycles. The fourth-order valence-electron chi connectivity index (χ4n) is 3.58. The number of aryl methyl sites for hydroxylation is 1. The van der Waals surface area contributed by atoms with E-state index in [1.807, 2.05) is 6.07 Å². The maximum absolute atomic E-state index is 13.5. The average molecular weight is 307 g/mol. The van der Waals surface area contributed by atoms with Crippen molar-refractivity contribution in [3.05, 3.63) is 53.1 Å². The molecule has 2 aromatic heterocycles. The van der Waals surface area contributed by atoms with Gasteiger partial charge in [0.2, 0.25) is 0 Å². The van der Waals surface area contributed by atoms with Gasteiger partial charge in [0.1, 0.15) is 11.3 Å². The summed E-state index contributed by atoms with van der Waals surface area (Å²) in [5.41, 5.74) is 5.93. The summed E-state index contributed by atoms with van der Waals surface area (Å²) in [5.74, 6) is 0.771. The van der Waals surface area contributed by atoms with Crippen LogP contribution in [0.15, 0.2) is 30.6 Å². The Labute approximate surface area is 132 Å². The Morgan fingerprint density at radius 2 is 2.00 bits per heavy atom. The summed E-state index contributed by atoms with van der Waals surface area (Å²) < 4.78 is 13.5. The minimum Gasteiger partial charge on any atom is -0.279 e. The van der Waals surface area contributed by atoms with Crippen molar-refractivity contribution in [2.45, 2.75) is 19.9 Å². The van der Waals surface area contributed by atoms with E-state index in [0.717, 1.165) is 47.7 Å². The third kappa shape index (κ3) is 1.69. The average Bonchev–Trinajstić information content (AvgIpc) is 2.94. The number of hydrogen-bond donors (Lipinski definition) is 0. The third-order valence-corrected chi connectivity index (χ3v) is 4.72. The fraction of sp³-hybridized carbons (Fsp3) is 0.235. The molecule has 0 spiro atoms. The molecule has 3 aromatic rings. The molecule has 0 unspecified atom stereocenters. The number of hydrazine groups is 1. The Hall–Kier alpha value is -2.76. The smallest absolute Gasteiger partial charge is 0.180 e. The van der Waals surface area contributed by atoms with Gasteiger partial charge in [0.05, 0.1) is 12.2 Å². The maximum Gasteiger partial charge on any atom is 0.180 e. The van der Waals surface area contributed by atoms with Crippen LogP contribution in [0, 0.1) is 12.7 Å². The highest BCUT2D eigenvalue weighted by Crippen LogP contribution is 2.40. The second-order valence-corrected chi connectivity index (χ2v) is 5.97. The molecule has 6 heteroatoms. The molecular weight excluding hydrogens is 293 g/mol. The van der Waals surface area contributed by atoms with Crippen molar-refractivity contribution in [3.8, 4) is 0 Å². The van der Waals surface area contributed by atoms with E-state index in [4.69, 9.17) is 4.98 Å². The summed E-state index contributed by atoms with van der Waals surface area (Å²) in [7, 11) is 0. The second-order valence-electron chi connectivity index (χ2n) is 5.97. The number of halogens is 1. The van der Waals surface area contributed by atoms with Crippen molar-refractivity contribution in [3.63, 3.8) is 0 Å². The molecular formula is C17H14FN5. The molecule has 2 aliphatic rings. The van der Waals surface area contributed by atoms with Crippen LogP contribution in [-0.2, 0) is 13.0 Å². The first-order chi connectivity index (χ1) is 11.2. The maximum atomic E-state index is 13.5. The van der Waals surface area contributed by atoms with Crippen molar-refractivity contribution < 1.29 is 4.39 Å². The van der Waals surface area contributed by atoms with Crippen molar-refractivity contribution in [1.82, 2.24) is 15.0 Å². The lowest BCUT2D eigenvalue weighted by molar-refractivity contribution is 0.620. The summed E-state index contributed by atoms with van der Waals surface area (Å²) in [5, 5.41) is 4.36. The van der Waals surface area contributed by atoms with Crippen molar-refractivity contribution in [1.29, 1.82) is 0 Å². The first kappa shape index (κ1) is 12.8. The van der Waals surface area contributed by atoms with Gasteiger partial charge in [-0.15, -0.1) is 0 Å². The zero-order valence-electron chi connectivity index (χ0n) is 12.6. The number of hydrogen-bond acceptors (Lipinski definition) is 5. The summed E-state index contributed by atoms with van der Waals surface area (Å²) in [4.78, 5) is 13.5. The van der Waals surface area contributed by atoms with Gasteiger partial charge in [0.25, 0.3) is 0 Å². The lowest BCUT2D eigenvalue weighted by atomic mass is 10.1. The van der Waals surface area contributed by atoms with Gasteiger partial charge in [-0.1, -0.05) is 0 Å². The SMILES string of the molecule is Cc1c2c(nc3nccnc13)N1CCc3cc(F)ccc3N1C2. The lowest BCUT2D eigenvalue weighted by Crippen LogP contribution is -2.43. The number of pyridine rings is 1. The number of fused-ring (bicyclic) bond motifs is 6. The van der Waals surface area contributed by atoms with E-state index in [-0.39, 0.29) is 5.82 Å². The zero-order chi connectivity index (χ0) is 15.6. The van der Waals surface area contributed by atoms with Crippen molar-refractivity contribution in [2.24, 2.45) is 0 Å². The zero-order valence-corrected chi connectivity index (χ0v) is 12.6. The predicted molar refractivity (Wildman–Crippen MR) is 85.7 cm³/mol. The molecule has 23 heavy (non-hydrogen) atoms. The van der Waals surface area contributed by atoms with Crippen LogP contribution in [0.5, 0.6) is 0 Å². The van der Waals surface area contributed by atoms with Gasteiger partial charge in [-0.25, -0.2) is 14.4 Å². The Bertz CT molecular complexity index is 955. The standard InChI is InChI=1S/C17H14FN5/c1-10-13-9-23-14-3-2-12(18)8-11(14)4-7-22(23)17(13)21-16-15(10)19-5-6-20-16/h2-3,5-6,8H,4,7,9H2,1H3. The van der Waals surface area contributed by atoms with Crippen LogP contribution in [0.3, 0.4) is 0 Å². The van der Waals surface area contributed by atoms with E-state index in [0.29, 0.717) is 5.65 Å². The first-order valence-electron chi connectivity index (χ1n) is 7.66. The summed E-state index contributed by atoms with van der Waals surface area (Å²) in [6.45, 7) is 3.60. The molecule has 1 aromatic carbocycles. The van der Waals surface area contributed by atoms with E-state index in [2.05, 4.69) is 26.9 Å². The predicted octanol–water partition coefficient (Wildman–Crippen LogP) is 2.77. The third-order valence-electron chi connectivity index (χ3n) is 4.72. The highest BCUT2D eigenvalue weighted by molar-refractivity contribution is 5.82. The molecule has 0 atom stereocenters. The largest absolute Gasteiger partial charge is 0.279 e. The van der Waals surface area contributed by atoms with Crippen LogP contribution in [0.1, 0.15) is 16.7 Å². The van der Waals surface area contributed by atoms with E-state index in [1.54, 1.807) is 18.5 Å². The van der Waals surface area contributed by atoms with Crippen LogP contribution in [-0.4, -0.2) is 21.5 Å². The molecule has 0 radical (unpaired) electrons. The normalized spacial score (nSPS) is 15.6.